The van der Waals surface area contributed by atoms with Gasteiger partial charge in [-0.25, -0.2) is 9.38 Å². The van der Waals surface area contributed by atoms with Crippen LogP contribution >= 0.6 is 0 Å². The molecule has 0 saturated carbocycles. The van der Waals surface area contributed by atoms with Crippen molar-refractivity contribution in [1.29, 1.82) is 0 Å². The lowest BCUT2D eigenvalue weighted by molar-refractivity contribution is 0.222. The number of hydrogen-bond acceptors (Lipinski definition) is 6. The van der Waals surface area contributed by atoms with Crippen molar-refractivity contribution < 1.29 is 9.13 Å². The van der Waals surface area contributed by atoms with Crippen LogP contribution in [0.15, 0.2) is 64.6 Å². The molecule has 27 heavy (non-hydrogen) atoms. The topological polar surface area (TPSA) is 52.5 Å². The van der Waals surface area contributed by atoms with E-state index >= 15 is 0 Å². The van der Waals surface area contributed by atoms with Gasteiger partial charge in [0.15, 0.2) is 0 Å². The molecule has 0 fully saturated rings. The number of nitrogens with zero attached hydrogens (tertiary/aromatic N) is 4. The van der Waals surface area contributed by atoms with Crippen LogP contribution in [-0.4, -0.2) is 36.0 Å². The minimum Gasteiger partial charge on any atom is -0.491 e. The first-order chi connectivity index (χ1) is 13.0. The third kappa shape index (κ3) is 2.70. The highest BCUT2D eigenvalue weighted by Crippen LogP contribution is 2.35. The fourth-order valence-corrected chi connectivity index (χ4v) is 3.63. The molecule has 1 N–H and O–H groups in total. The molecule has 3 heterocycles. The Balaban J connectivity index is 1.91. The number of rotatable bonds is 2. The molecule has 1 atom stereocenters. The number of hydrazone groups is 1. The average Bonchev–Trinajstić information content (AvgIpc) is 2.89. The molecule has 0 aliphatic carbocycles. The summed E-state index contributed by atoms with van der Waals surface area (Å²) in [7, 11) is 0. The van der Waals surface area contributed by atoms with Gasteiger partial charge in [-0.1, -0.05) is 19.2 Å². The van der Waals surface area contributed by atoms with Crippen molar-refractivity contribution in [3.63, 3.8) is 0 Å². The van der Waals surface area contributed by atoms with Gasteiger partial charge in [-0.2, -0.15) is 5.10 Å². The molecule has 0 amide bonds. The van der Waals surface area contributed by atoms with Gasteiger partial charge < -0.3 is 9.64 Å². The van der Waals surface area contributed by atoms with Crippen LogP contribution in [0.4, 0.5) is 10.1 Å². The fraction of sp³-hybridized carbons (Fsp3) is 0.300. The fourth-order valence-electron chi connectivity index (χ4n) is 3.63. The first-order valence-electron chi connectivity index (χ1n) is 8.91. The number of nitrogens with one attached hydrogen (secondary N) is 1. The van der Waals surface area contributed by atoms with E-state index in [0.29, 0.717) is 30.3 Å². The van der Waals surface area contributed by atoms with Crippen LogP contribution in [0.5, 0.6) is 0 Å². The van der Waals surface area contributed by atoms with Crippen LogP contribution in [0.2, 0.25) is 0 Å². The molecule has 3 aliphatic rings. The summed E-state index contributed by atoms with van der Waals surface area (Å²) in [4.78, 5) is 8.66. The molecule has 7 heteroatoms. The molecule has 140 valence electrons. The van der Waals surface area contributed by atoms with Crippen LogP contribution in [0.25, 0.3) is 0 Å². The first kappa shape index (κ1) is 17.3. The van der Waals surface area contributed by atoms with E-state index in [4.69, 9.17) is 9.73 Å². The first-order valence-corrected chi connectivity index (χ1v) is 8.91. The zero-order chi connectivity index (χ0) is 19.1. The molecule has 0 spiro atoms. The quantitative estimate of drug-likeness (QED) is 0.871. The van der Waals surface area contributed by atoms with Crippen LogP contribution in [0.3, 0.4) is 0 Å². The van der Waals surface area contributed by atoms with Crippen molar-refractivity contribution in [1.82, 2.24) is 10.3 Å². The van der Waals surface area contributed by atoms with Gasteiger partial charge in [-0.05, 0) is 44.1 Å². The largest absolute Gasteiger partial charge is 0.491 e. The van der Waals surface area contributed by atoms with E-state index < -0.39 is 6.29 Å². The Morgan fingerprint density at radius 3 is 3.00 bits per heavy atom. The number of benzene rings is 1. The molecular weight excluding hydrogens is 345 g/mol. The van der Waals surface area contributed by atoms with Crippen LogP contribution in [-0.2, 0) is 4.74 Å². The van der Waals surface area contributed by atoms with E-state index in [-0.39, 0.29) is 5.82 Å². The maximum atomic E-state index is 15.0. The molecule has 3 aliphatic heterocycles. The molecule has 0 radical (unpaired) electrons. The van der Waals surface area contributed by atoms with Crippen LogP contribution in [0, 0.1) is 5.82 Å². The number of allylic oxidation sites excluding steroid dienone is 2. The van der Waals surface area contributed by atoms with E-state index in [2.05, 4.69) is 23.7 Å². The summed E-state index contributed by atoms with van der Waals surface area (Å²) in [5, 5.41) is 4.26. The number of aliphatic imine (C=N–C) groups is 1. The molecule has 0 saturated heterocycles. The van der Waals surface area contributed by atoms with Crippen molar-refractivity contribution in [2.24, 2.45) is 10.1 Å². The monoisotopic (exact) mass is 367 g/mol. The van der Waals surface area contributed by atoms with E-state index in [0.717, 1.165) is 29.2 Å². The summed E-state index contributed by atoms with van der Waals surface area (Å²) in [5.74, 6) is 1.63. The number of amidine groups is 2. The summed E-state index contributed by atoms with van der Waals surface area (Å²) in [6.07, 6.45) is 2.08. The highest BCUT2D eigenvalue weighted by Gasteiger charge is 2.37. The number of anilines is 1. The smallest absolute Gasteiger partial charge is 0.218 e. The van der Waals surface area contributed by atoms with Gasteiger partial charge in [-0.15, -0.1) is 0 Å². The van der Waals surface area contributed by atoms with Crippen molar-refractivity contribution in [3.8, 4) is 0 Å². The number of hydrogen-bond donors (Lipinski definition) is 1. The maximum Gasteiger partial charge on any atom is 0.218 e. The Morgan fingerprint density at radius 1 is 1.44 bits per heavy atom. The molecule has 1 unspecified atom stereocenters. The highest BCUT2D eigenvalue weighted by atomic mass is 19.1. The normalized spacial score (nSPS) is 21.4. The lowest BCUT2D eigenvalue weighted by Gasteiger charge is -2.35. The zero-order valence-corrected chi connectivity index (χ0v) is 15.5. The van der Waals surface area contributed by atoms with Gasteiger partial charge in [0.25, 0.3) is 0 Å². The minimum atomic E-state index is -0.405. The summed E-state index contributed by atoms with van der Waals surface area (Å²) in [6.45, 7) is 12.9. The SMILES string of the molecule is C=CC1=C(C(=C)C)OCCCN1C1=NC2NN=C(C)N2c2cccc(F)c21. The Hall–Kier alpha value is -3.09. The summed E-state index contributed by atoms with van der Waals surface area (Å²) in [5.41, 5.74) is 5.74. The Labute approximate surface area is 158 Å². The number of halogens is 1. The Bertz CT molecular complexity index is 917. The predicted octanol–water partition coefficient (Wildman–Crippen LogP) is 3.31. The minimum absolute atomic E-state index is 0.324. The Morgan fingerprint density at radius 2 is 2.26 bits per heavy atom. The molecule has 6 nitrogen and oxygen atoms in total. The van der Waals surface area contributed by atoms with E-state index in [1.54, 1.807) is 12.1 Å². The maximum absolute atomic E-state index is 15.0. The van der Waals surface area contributed by atoms with Gasteiger partial charge in [0.2, 0.25) is 6.29 Å². The molecule has 4 rings (SSSR count). The molecule has 1 aromatic carbocycles. The van der Waals surface area contributed by atoms with Gasteiger partial charge in [0, 0.05) is 6.54 Å². The third-order valence-corrected chi connectivity index (χ3v) is 4.79. The molecular formula is C20H22FN5O. The number of ether oxygens (including phenoxy) is 1. The standard InChI is InChI=1S/C20H22FN5O/c1-5-15-18(12(2)3)27-11-7-10-25(15)19-17-14(21)8-6-9-16(17)26-13(4)23-24-20(26)22-19/h5-6,8-9,20,24H,1-2,7,10-11H2,3-4H3. The van der Waals surface area contributed by atoms with E-state index in [9.17, 15) is 4.39 Å². The zero-order valence-electron chi connectivity index (χ0n) is 15.5. The van der Waals surface area contributed by atoms with E-state index in [1.807, 2.05) is 29.7 Å². The summed E-state index contributed by atoms with van der Waals surface area (Å²) < 4.78 is 20.8. The van der Waals surface area contributed by atoms with Crippen molar-refractivity contribution in [2.75, 3.05) is 18.1 Å². The Kier molecular flexibility index (Phi) is 4.22. The van der Waals surface area contributed by atoms with Gasteiger partial charge >= 0.3 is 0 Å². The summed E-state index contributed by atoms with van der Waals surface area (Å²) in [6, 6.07) is 5.04. The molecule has 1 aromatic rings. The average molecular weight is 367 g/mol. The lowest BCUT2D eigenvalue weighted by atomic mass is 10.1. The van der Waals surface area contributed by atoms with Crippen molar-refractivity contribution in [2.45, 2.75) is 26.6 Å². The van der Waals surface area contributed by atoms with Crippen molar-refractivity contribution in [3.05, 3.63) is 65.8 Å². The van der Waals surface area contributed by atoms with E-state index in [1.165, 1.54) is 6.07 Å². The van der Waals surface area contributed by atoms with Crippen LogP contribution in [0.1, 0.15) is 25.8 Å². The van der Waals surface area contributed by atoms with Crippen molar-refractivity contribution >= 4 is 17.4 Å². The third-order valence-electron chi connectivity index (χ3n) is 4.79. The summed E-state index contributed by atoms with van der Waals surface area (Å²) >= 11 is 0. The molecule has 0 aromatic heterocycles. The highest BCUT2D eigenvalue weighted by molar-refractivity contribution is 6.11. The van der Waals surface area contributed by atoms with Crippen LogP contribution < -0.4 is 10.3 Å². The second-order valence-corrected chi connectivity index (χ2v) is 6.67. The lowest BCUT2D eigenvalue weighted by Crippen LogP contribution is -2.46. The van der Waals surface area contributed by atoms with Gasteiger partial charge in [-0.3, -0.25) is 10.3 Å². The second kappa shape index (κ2) is 6.57. The molecule has 0 bridgehead atoms. The number of fused-ring (bicyclic) bond motifs is 3. The van der Waals surface area contributed by atoms with Gasteiger partial charge in [0.1, 0.15) is 23.2 Å². The predicted molar refractivity (Wildman–Crippen MR) is 105 cm³/mol. The second-order valence-electron chi connectivity index (χ2n) is 6.67. The van der Waals surface area contributed by atoms with Gasteiger partial charge in [0.05, 0.1) is 23.6 Å².